The summed E-state index contributed by atoms with van der Waals surface area (Å²) in [5.74, 6) is -0.278. The molecule has 7 nitrogen and oxygen atoms in total. The van der Waals surface area contributed by atoms with Gasteiger partial charge in [0.1, 0.15) is 0 Å². The smallest absolute Gasteiger partial charge is 0.274 e. The minimum absolute atomic E-state index is 0.00182. The number of thioether (sulfide) groups is 1. The van der Waals surface area contributed by atoms with Crippen LogP contribution in [-0.2, 0) is 11.3 Å². The van der Waals surface area contributed by atoms with E-state index in [1.54, 1.807) is 26.0 Å². The summed E-state index contributed by atoms with van der Waals surface area (Å²) in [6.07, 6.45) is 3.81. The van der Waals surface area contributed by atoms with Gasteiger partial charge in [-0.05, 0) is 67.1 Å². The zero-order valence-electron chi connectivity index (χ0n) is 19.8. The predicted molar refractivity (Wildman–Crippen MR) is 151 cm³/mol. The Hall–Kier alpha value is -3.59. The summed E-state index contributed by atoms with van der Waals surface area (Å²) in [5.41, 5.74) is 4.56. The molecule has 0 unspecified atom stereocenters. The Balaban J connectivity index is 1.47. The monoisotopic (exact) mass is 550 g/mol. The Morgan fingerprint density at radius 1 is 1.14 bits per heavy atom. The molecule has 5 rings (SSSR count). The van der Waals surface area contributed by atoms with E-state index >= 15 is 0 Å². The number of halogens is 2. The molecule has 1 aromatic heterocycles. The molecule has 10 heteroatoms. The van der Waals surface area contributed by atoms with Crippen molar-refractivity contribution in [3.8, 4) is 0 Å². The van der Waals surface area contributed by atoms with Gasteiger partial charge in [-0.25, -0.2) is 4.99 Å². The normalized spacial score (nSPS) is 15.6. The first-order valence-corrected chi connectivity index (χ1v) is 12.8. The molecule has 1 saturated heterocycles. The molecule has 0 saturated carbocycles. The van der Waals surface area contributed by atoms with E-state index < -0.39 is 4.92 Å². The molecule has 0 spiro atoms. The molecule has 0 radical (unpaired) electrons. The van der Waals surface area contributed by atoms with Gasteiger partial charge in [-0.15, -0.1) is 0 Å². The number of aliphatic imine (C=N–C) groups is 1. The largest absolute Gasteiger partial charge is 0.342 e. The van der Waals surface area contributed by atoms with Gasteiger partial charge in [-0.1, -0.05) is 47.5 Å². The average molecular weight is 551 g/mol. The minimum Gasteiger partial charge on any atom is -0.342 e. The molecule has 2 heterocycles. The molecule has 1 amide bonds. The first-order chi connectivity index (χ1) is 17.7. The lowest BCUT2D eigenvalue weighted by Crippen LogP contribution is -2.19. The molecule has 37 heavy (non-hydrogen) atoms. The Kier molecular flexibility index (Phi) is 6.81. The molecule has 0 bridgehead atoms. The van der Waals surface area contributed by atoms with Crippen LogP contribution in [0, 0.1) is 24.0 Å². The fraction of sp³-hybridized carbons (Fsp3) is 0.111. The number of carbonyl (C=O) groups excluding carboxylic acids is 1. The number of benzene rings is 3. The minimum atomic E-state index is -0.426. The van der Waals surface area contributed by atoms with Crippen LogP contribution < -0.4 is 5.32 Å². The van der Waals surface area contributed by atoms with E-state index in [0.29, 0.717) is 37.9 Å². The lowest BCUT2D eigenvalue weighted by Gasteiger charge is -2.08. The van der Waals surface area contributed by atoms with Gasteiger partial charge in [-0.3, -0.25) is 14.9 Å². The maximum absolute atomic E-state index is 12.8. The summed E-state index contributed by atoms with van der Waals surface area (Å²) in [4.78, 5) is 28.7. The molecule has 0 aliphatic carbocycles. The van der Waals surface area contributed by atoms with Gasteiger partial charge >= 0.3 is 0 Å². The average Bonchev–Trinajstić information content (AvgIpc) is 3.37. The van der Waals surface area contributed by atoms with Crippen LogP contribution >= 0.6 is 35.0 Å². The van der Waals surface area contributed by atoms with Crippen molar-refractivity contribution in [2.24, 2.45) is 4.99 Å². The van der Waals surface area contributed by atoms with Crippen LogP contribution in [0.4, 0.5) is 11.4 Å². The molecule has 1 aliphatic rings. The fourth-order valence-corrected chi connectivity index (χ4v) is 5.47. The second-order valence-electron chi connectivity index (χ2n) is 8.61. The third-order valence-corrected chi connectivity index (χ3v) is 7.66. The molecular weight excluding hydrogens is 531 g/mol. The van der Waals surface area contributed by atoms with Crippen molar-refractivity contribution in [1.82, 2.24) is 9.88 Å². The number of rotatable bonds is 5. The van der Waals surface area contributed by atoms with Crippen LogP contribution in [0.2, 0.25) is 10.0 Å². The number of amidine groups is 1. The van der Waals surface area contributed by atoms with Crippen LogP contribution in [0.5, 0.6) is 0 Å². The molecule has 1 aliphatic heterocycles. The summed E-state index contributed by atoms with van der Waals surface area (Å²) < 4.78 is 2.08. The fourth-order valence-electron chi connectivity index (χ4n) is 4.17. The molecule has 1 fully saturated rings. The van der Waals surface area contributed by atoms with Crippen molar-refractivity contribution in [1.29, 1.82) is 0 Å². The maximum Gasteiger partial charge on any atom is 0.274 e. The zero-order valence-corrected chi connectivity index (χ0v) is 22.1. The number of hydrogen-bond donors (Lipinski definition) is 1. The van der Waals surface area contributed by atoms with E-state index in [0.717, 1.165) is 27.6 Å². The van der Waals surface area contributed by atoms with Gasteiger partial charge in [0.25, 0.3) is 11.6 Å². The van der Waals surface area contributed by atoms with Crippen LogP contribution in [-0.4, -0.2) is 20.6 Å². The highest BCUT2D eigenvalue weighted by Crippen LogP contribution is 2.33. The van der Waals surface area contributed by atoms with Crippen LogP contribution in [0.15, 0.2) is 70.7 Å². The number of hydrogen-bond acceptors (Lipinski definition) is 5. The Bertz CT molecular complexity index is 1660. The summed E-state index contributed by atoms with van der Waals surface area (Å²) in [5, 5.41) is 16.7. The van der Waals surface area contributed by atoms with Crippen molar-refractivity contribution in [3.05, 3.63) is 108 Å². The number of aryl methyl sites for hydroxylation is 1. The van der Waals surface area contributed by atoms with Gasteiger partial charge in [-0.2, -0.15) is 0 Å². The second-order valence-corrected chi connectivity index (χ2v) is 10.5. The number of para-hydroxylation sites is 1. The molecule has 4 aromatic rings. The third-order valence-electron chi connectivity index (χ3n) is 6.16. The van der Waals surface area contributed by atoms with E-state index in [4.69, 9.17) is 23.2 Å². The quantitative estimate of drug-likeness (QED) is 0.159. The zero-order chi connectivity index (χ0) is 26.3. The summed E-state index contributed by atoms with van der Waals surface area (Å²) in [6.45, 7) is 4.04. The molecule has 3 aromatic carbocycles. The van der Waals surface area contributed by atoms with E-state index in [9.17, 15) is 14.9 Å². The second kappa shape index (κ2) is 10.0. The molecular formula is C27H20Cl2N4O3S. The number of nitrogens with one attached hydrogen (secondary N) is 1. The lowest BCUT2D eigenvalue weighted by molar-refractivity contribution is -0.385. The number of fused-ring (bicyclic) bond motifs is 1. The number of amides is 1. The lowest BCUT2D eigenvalue weighted by atomic mass is 10.1. The van der Waals surface area contributed by atoms with Gasteiger partial charge in [0, 0.05) is 50.9 Å². The summed E-state index contributed by atoms with van der Waals surface area (Å²) in [7, 11) is 0. The number of nitro groups is 1. The van der Waals surface area contributed by atoms with Crippen molar-refractivity contribution >= 4 is 74.4 Å². The number of nitrogens with zero attached hydrogens (tertiary/aromatic N) is 3. The summed E-state index contributed by atoms with van der Waals surface area (Å²) in [6, 6.07) is 16.5. The molecule has 0 atom stereocenters. The molecule has 186 valence electrons. The Labute approximate surface area is 226 Å². The van der Waals surface area contributed by atoms with Crippen LogP contribution in [0.25, 0.3) is 17.0 Å². The van der Waals surface area contributed by atoms with Crippen molar-refractivity contribution < 1.29 is 9.72 Å². The van der Waals surface area contributed by atoms with Crippen molar-refractivity contribution in [2.45, 2.75) is 20.4 Å². The van der Waals surface area contributed by atoms with Gasteiger partial charge in [0.15, 0.2) is 5.17 Å². The highest BCUT2D eigenvalue weighted by Gasteiger charge is 2.25. The number of carbonyl (C=O) groups is 1. The molecule has 1 N–H and O–H groups in total. The third kappa shape index (κ3) is 5.13. The highest BCUT2D eigenvalue weighted by molar-refractivity contribution is 8.18. The first kappa shape index (κ1) is 25.1. The topological polar surface area (TPSA) is 89.5 Å². The van der Waals surface area contributed by atoms with E-state index in [1.165, 1.54) is 17.8 Å². The van der Waals surface area contributed by atoms with Gasteiger partial charge in [0.05, 0.1) is 15.5 Å². The van der Waals surface area contributed by atoms with Gasteiger partial charge in [0.2, 0.25) is 0 Å². The van der Waals surface area contributed by atoms with Crippen LogP contribution in [0.1, 0.15) is 22.3 Å². The predicted octanol–water partition coefficient (Wildman–Crippen LogP) is 7.41. The van der Waals surface area contributed by atoms with Gasteiger partial charge < -0.3 is 9.88 Å². The SMILES string of the molecule is Cc1cc(N=C2NC(=O)/C(=C/c3cn(Cc4ccc(Cl)cc4Cl)c4ccccc34)S2)cc([N+](=O)[O-])c1C. The van der Waals surface area contributed by atoms with Crippen molar-refractivity contribution in [3.63, 3.8) is 0 Å². The standard InChI is InChI=1S/C27H20Cl2N4O3S/c1-15-9-20(12-24(16(15)2)33(35)36)30-27-31-26(34)25(37-27)10-18-14-32(23-6-4-3-5-21(18)23)13-17-7-8-19(28)11-22(17)29/h3-12,14H,13H2,1-2H3,(H,30,31,34)/b25-10-. The highest BCUT2D eigenvalue weighted by atomic mass is 35.5. The first-order valence-electron chi connectivity index (χ1n) is 11.3. The Morgan fingerprint density at radius 2 is 1.92 bits per heavy atom. The summed E-state index contributed by atoms with van der Waals surface area (Å²) >= 11 is 13.6. The van der Waals surface area contributed by atoms with Crippen LogP contribution in [0.3, 0.4) is 0 Å². The number of nitro benzene ring substituents is 1. The number of aromatic nitrogens is 1. The van der Waals surface area contributed by atoms with E-state index in [2.05, 4.69) is 14.9 Å². The maximum atomic E-state index is 12.8. The van der Waals surface area contributed by atoms with E-state index in [-0.39, 0.29) is 11.6 Å². The van der Waals surface area contributed by atoms with Crippen molar-refractivity contribution in [2.75, 3.05) is 0 Å². The Morgan fingerprint density at radius 3 is 2.68 bits per heavy atom. The van der Waals surface area contributed by atoms with E-state index in [1.807, 2.05) is 48.7 Å².